The van der Waals surface area contributed by atoms with Crippen LogP contribution in [0.3, 0.4) is 0 Å². The van der Waals surface area contributed by atoms with E-state index in [1.54, 1.807) is 12.0 Å². The molecule has 0 aliphatic carbocycles. The number of hydrogen-bond acceptors (Lipinski definition) is 4. The Labute approximate surface area is 120 Å². The Hall–Kier alpha value is -1.75. The van der Waals surface area contributed by atoms with Crippen LogP contribution in [0.5, 0.6) is 5.75 Å². The van der Waals surface area contributed by atoms with Gasteiger partial charge < -0.3 is 19.7 Å². The second-order valence-electron chi connectivity index (χ2n) is 4.29. The highest BCUT2D eigenvalue weighted by Crippen LogP contribution is 2.15. The van der Waals surface area contributed by atoms with E-state index < -0.39 is 0 Å². The van der Waals surface area contributed by atoms with Gasteiger partial charge in [-0.05, 0) is 38.1 Å². The van der Waals surface area contributed by atoms with E-state index in [2.05, 4.69) is 5.32 Å². The van der Waals surface area contributed by atoms with Gasteiger partial charge in [-0.2, -0.15) is 0 Å². The van der Waals surface area contributed by atoms with Crippen molar-refractivity contribution in [3.8, 4) is 5.75 Å². The number of nitrogens with one attached hydrogen (secondary N) is 1. The molecule has 0 aromatic heterocycles. The topological polar surface area (TPSA) is 50.8 Å². The lowest BCUT2D eigenvalue weighted by molar-refractivity contribution is -0.128. The first-order chi connectivity index (χ1) is 9.71. The van der Waals surface area contributed by atoms with Crippen LogP contribution in [0.1, 0.15) is 13.8 Å². The molecular formula is C15H24N2O3. The van der Waals surface area contributed by atoms with Crippen molar-refractivity contribution in [1.29, 1.82) is 0 Å². The molecule has 0 saturated heterocycles. The van der Waals surface area contributed by atoms with Gasteiger partial charge in [-0.25, -0.2) is 0 Å². The lowest BCUT2D eigenvalue weighted by Gasteiger charge is -2.19. The Morgan fingerprint density at radius 3 is 2.35 bits per heavy atom. The average Bonchev–Trinajstić information content (AvgIpc) is 2.48. The molecule has 1 N–H and O–H groups in total. The third-order valence-corrected chi connectivity index (χ3v) is 2.97. The highest BCUT2D eigenvalue weighted by molar-refractivity contribution is 5.80. The zero-order valence-corrected chi connectivity index (χ0v) is 12.5. The van der Waals surface area contributed by atoms with Gasteiger partial charge in [-0.15, -0.1) is 0 Å². The molecule has 1 aromatic carbocycles. The van der Waals surface area contributed by atoms with Crippen LogP contribution in [0.15, 0.2) is 24.3 Å². The van der Waals surface area contributed by atoms with Crippen LogP contribution in [0.4, 0.5) is 5.69 Å². The van der Waals surface area contributed by atoms with Gasteiger partial charge in [0, 0.05) is 25.9 Å². The van der Waals surface area contributed by atoms with Gasteiger partial charge in [-0.1, -0.05) is 0 Å². The summed E-state index contributed by atoms with van der Waals surface area (Å²) in [6, 6.07) is 7.55. The summed E-state index contributed by atoms with van der Waals surface area (Å²) < 4.78 is 10.4. The van der Waals surface area contributed by atoms with Gasteiger partial charge in [-0.3, -0.25) is 4.79 Å². The molecule has 112 valence electrons. The molecule has 1 rings (SSSR count). The predicted octanol–water partition coefficient (Wildman–Crippen LogP) is 1.99. The van der Waals surface area contributed by atoms with Crippen molar-refractivity contribution in [2.45, 2.75) is 13.8 Å². The Balaban J connectivity index is 2.39. The highest BCUT2D eigenvalue weighted by atomic mass is 16.5. The van der Waals surface area contributed by atoms with Crippen molar-refractivity contribution < 1.29 is 14.3 Å². The summed E-state index contributed by atoms with van der Waals surface area (Å²) in [7, 11) is 1.64. The van der Waals surface area contributed by atoms with Crippen LogP contribution in [0, 0.1) is 0 Å². The number of benzene rings is 1. The van der Waals surface area contributed by atoms with Crippen LogP contribution >= 0.6 is 0 Å². The maximum Gasteiger partial charge on any atom is 0.241 e. The maximum atomic E-state index is 11.8. The first-order valence-electron chi connectivity index (χ1n) is 6.94. The van der Waals surface area contributed by atoms with Crippen LogP contribution in [0.25, 0.3) is 0 Å². The molecule has 5 heteroatoms. The minimum Gasteiger partial charge on any atom is -0.491 e. The van der Waals surface area contributed by atoms with Crippen LogP contribution in [-0.4, -0.2) is 50.8 Å². The van der Waals surface area contributed by atoms with E-state index in [9.17, 15) is 4.79 Å². The minimum absolute atomic E-state index is 0.107. The van der Waals surface area contributed by atoms with Crippen LogP contribution in [-0.2, 0) is 9.53 Å². The van der Waals surface area contributed by atoms with Gasteiger partial charge in [0.05, 0.1) is 13.2 Å². The van der Waals surface area contributed by atoms with Crippen molar-refractivity contribution in [3.63, 3.8) is 0 Å². The summed E-state index contributed by atoms with van der Waals surface area (Å²) in [6.07, 6.45) is 0. The molecule has 20 heavy (non-hydrogen) atoms. The van der Waals surface area contributed by atoms with Crippen molar-refractivity contribution in [1.82, 2.24) is 4.90 Å². The Bertz CT molecular complexity index is 389. The molecular weight excluding hydrogens is 256 g/mol. The first-order valence-corrected chi connectivity index (χ1v) is 6.94. The highest BCUT2D eigenvalue weighted by Gasteiger charge is 2.08. The molecule has 0 unspecified atom stereocenters. The monoisotopic (exact) mass is 280 g/mol. The summed E-state index contributed by atoms with van der Waals surface area (Å²) in [6.45, 7) is 6.85. The third kappa shape index (κ3) is 5.48. The van der Waals surface area contributed by atoms with E-state index in [1.807, 2.05) is 38.1 Å². The first kappa shape index (κ1) is 16.3. The molecule has 0 aliphatic heterocycles. The fourth-order valence-electron chi connectivity index (χ4n) is 1.78. The fourth-order valence-corrected chi connectivity index (χ4v) is 1.78. The number of methoxy groups -OCH3 is 1. The van der Waals surface area contributed by atoms with E-state index in [-0.39, 0.29) is 5.91 Å². The molecule has 0 saturated carbocycles. The number of carbonyl (C=O) groups excluding carboxylic acids is 1. The van der Waals surface area contributed by atoms with Crippen molar-refractivity contribution in [2.24, 2.45) is 0 Å². The van der Waals surface area contributed by atoms with Crippen LogP contribution in [0.2, 0.25) is 0 Å². The average molecular weight is 280 g/mol. The molecule has 0 bridgehead atoms. The molecule has 0 fully saturated rings. The summed E-state index contributed by atoms with van der Waals surface area (Å²) in [5.74, 6) is 0.901. The fraction of sp³-hybridized carbons (Fsp3) is 0.533. The number of amides is 1. The largest absolute Gasteiger partial charge is 0.491 e. The number of anilines is 1. The Kier molecular flexibility index (Phi) is 7.50. The standard InChI is InChI=1S/C15H24N2O3/c1-4-17(5-2)15(18)12-16-13-6-8-14(9-7-13)20-11-10-19-3/h6-9,16H,4-5,10-12H2,1-3H3. The lowest BCUT2D eigenvalue weighted by Crippen LogP contribution is -2.35. The number of hydrogen-bond donors (Lipinski definition) is 1. The van der Waals surface area contributed by atoms with Crippen molar-refractivity contribution >= 4 is 11.6 Å². The number of carbonyl (C=O) groups is 1. The predicted molar refractivity (Wildman–Crippen MR) is 80.2 cm³/mol. The number of likely N-dealkylation sites (N-methyl/N-ethyl adjacent to an activating group) is 1. The van der Waals surface area contributed by atoms with Crippen LogP contribution < -0.4 is 10.1 Å². The third-order valence-electron chi connectivity index (χ3n) is 2.97. The smallest absolute Gasteiger partial charge is 0.241 e. The molecule has 1 amide bonds. The molecule has 0 spiro atoms. The van der Waals surface area contributed by atoms with Gasteiger partial charge >= 0.3 is 0 Å². The quantitative estimate of drug-likeness (QED) is 0.703. The number of rotatable bonds is 9. The van der Waals surface area contributed by atoms with E-state index >= 15 is 0 Å². The number of ether oxygens (including phenoxy) is 2. The zero-order valence-electron chi connectivity index (χ0n) is 12.5. The summed E-state index contributed by atoms with van der Waals surface area (Å²) in [5.41, 5.74) is 0.907. The lowest BCUT2D eigenvalue weighted by atomic mass is 10.3. The van der Waals surface area contributed by atoms with Crippen molar-refractivity contribution in [3.05, 3.63) is 24.3 Å². The molecule has 0 heterocycles. The second kappa shape index (κ2) is 9.20. The van der Waals surface area contributed by atoms with Gasteiger partial charge in [0.1, 0.15) is 12.4 Å². The Morgan fingerprint density at radius 2 is 1.80 bits per heavy atom. The van der Waals surface area contributed by atoms with E-state index in [0.29, 0.717) is 19.8 Å². The molecule has 0 radical (unpaired) electrons. The molecule has 0 atom stereocenters. The number of nitrogens with zero attached hydrogens (tertiary/aromatic N) is 1. The normalized spacial score (nSPS) is 10.2. The zero-order chi connectivity index (χ0) is 14.8. The summed E-state index contributed by atoms with van der Waals surface area (Å²) in [5, 5.41) is 3.12. The van der Waals surface area contributed by atoms with Gasteiger partial charge in [0.2, 0.25) is 5.91 Å². The van der Waals surface area contributed by atoms with E-state index in [1.165, 1.54) is 0 Å². The van der Waals surface area contributed by atoms with Gasteiger partial charge in [0.15, 0.2) is 0 Å². The summed E-state index contributed by atoms with van der Waals surface area (Å²) in [4.78, 5) is 13.6. The maximum absolute atomic E-state index is 11.8. The Morgan fingerprint density at radius 1 is 1.15 bits per heavy atom. The molecule has 1 aromatic rings. The van der Waals surface area contributed by atoms with E-state index in [4.69, 9.17) is 9.47 Å². The summed E-state index contributed by atoms with van der Waals surface area (Å²) >= 11 is 0. The molecule has 0 aliphatic rings. The second-order valence-corrected chi connectivity index (χ2v) is 4.29. The minimum atomic E-state index is 0.107. The molecule has 5 nitrogen and oxygen atoms in total. The van der Waals surface area contributed by atoms with Gasteiger partial charge in [0.25, 0.3) is 0 Å². The SMILES string of the molecule is CCN(CC)C(=O)CNc1ccc(OCCOC)cc1. The van der Waals surface area contributed by atoms with Crippen molar-refractivity contribution in [2.75, 3.05) is 45.3 Å². The van der Waals surface area contributed by atoms with E-state index in [0.717, 1.165) is 24.5 Å².